The quantitative estimate of drug-likeness (QED) is 0.919. The Morgan fingerprint density at radius 2 is 1.86 bits per heavy atom. The molecule has 1 aliphatic heterocycles. The van der Waals surface area contributed by atoms with E-state index in [1.165, 1.54) is 0 Å². The van der Waals surface area contributed by atoms with E-state index in [4.69, 9.17) is 27.9 Å². The monoisotopic (exact) mass is 322 g/mol. The molecule has 0 radical (unpaired) electrons. The second-order valence-corrected chi connectivity index (χ2v) is 5.94. The van der Waals surface area contributed by atoms with Crippen molar-refractivity contribution in [1.29, 1.82) is 0 Å². The molecule has 1 fully saturated rings. The van der Waals surface area contributed by atoms with Gasteiger partial charge in [-0.1, -0.05) is 29.3 Å². The third kappa shape index (κ3) is 3.31. The Morgan fingerprint density at radius 1 is 1.14 bits per heavy atom. The molecular weight excluding hydrogens is 307 g/mol. The third-order valence-electron chi connectivity index (χ3n) is 3.72. The van der Waals surface area contributed by atoms with Crippen molar-refractivity contribution in [2.24, 2.45) is 5.92 Å². The highest BCUT2D eigenvalue weighted by atomic mass is 35.5. The van der Waals surface area contributed by atoms with Crippen molar-refractivity contribution in [3.05, 3.63) is 58.3 Å². The summed E-state index contributed by atoms with van der Waals surface area (Å²) in [7, 11) is 0. The maximum atomic E-state index is 6.23. The first-order chi connectivity index (χ1) is 10.3. The summed E-state index contributed by atoms with van der Waals surface area (Å²) < 4.78 is 6.21. The molecule has 3 rings (SSSR count). The Labute approximate surface area is 134 Å². The summed E-state index contributed by atoms with van der Waals surface area (Å²) in [4.78, 5) is 4.07. The molecule has 1 aliphatic rings. The summed E-state index contributed by atoms with van der Waals surface area (Å²) in [5.41, 5.74) is 1.09. The molecule has 0 aliphatic carbocycles. The molecule has 0 saturated carbocycles. The molecule has 2 aromatic rings. The molecule has 0 spiro atoms. The highest BCUT2D eigenvalue weighted by Gasteiger charge is 2.29. The molecule has 1 saturated heterocycles. The lowest BCUT2D eigenvalue weighted by atomic mass is 9.95. The molecule has 5 heteroatoms. The number of aromatic nitrogens is 1. The van der Waals surface area contributed by atoms with Gasteiger partial charge in [0.25, 0.3) is 0 Å². The molecular formula is C16H16Cl2N2O. The standard InChI is InChI=1S/C16H16Cl2N2O/c17-13-2-1-3-14(18)16(13)21-15(12-6-9-20-10-12)11-4-7-19-8-5-11/h1-5,7-8,12,15,20H,6,9-10H2/t12-,15?/m0/s1. The zero-order chi connectivity index (χ0) is 14.7. The molecule has 1 aromatic heterocycles. The number of rotatable bonds is 4. The lowest BCUT2D eigenvalue weighted by molar-refractivity contribution is 0.144. The summed E-state index contributed by atoms with van der Waals surface area (Å²) in [6, 6.07) is 9.36. The highest BCUT2D eigenvalue weighted by Crippen LogP contribution is 2.39. The third-order valence-corrected chi connectivity index (χ3v) is 4.32. The number of hydrogen-bond acceptors (Lipinski definition) is 3. The molecule has 0 amide bonds. The van der Waals surface area contributed by atoms with Gasteiger partial charge in [0.05, 0.1) is 10.0 Å². The number of halogens is 2. The average Bonchev–Trinajstić information content (AvgIpc) is 3.02. The Balaban J connectivity index is 1.92. The van der Waals surface area contributed by atoms with E-state index in [2.05, 4.69) is 10.3 Å². The smallest absolute Gasteiger partial charge is 0.157 e. The Hall–Kier alpha value is -1.29. The minimum Gasteiger partial charge on any atom is -0.482 e. The number of nitrogens with one attached hydrogen (secondary N) is 1. The van der Waals surface area contributed by atoms with Crippen LogP contribution >= 0.6 is 23.2 Å². The summed E-state index contributed by atoms with van der Waals surface area (Å²) in [6.45, 7) is 1.93. The van der Waals surface area contributed by atoms with Crippen LogP contribution in [-0.4, -0.2) is 18.1 Å². The maximum Gasteiger partial charge on any atom is 0.157 e. The van der Waals surface area contributed by atoms with Crippen molar-refractivity contribution in [3.8, 4) is 5.75 Å². The fraction of sp³-hybridized carbons (Fsp3) is 0.312. The summed E-state index contributed by atoms with van der Waals surface area (Å²) in [6.07, 6.45) is 4.54. The van der Waals surface area contributed by atoms with Gasteiger partial charge in [-0.2, -0.15) is 0 Å². The molecule has 2 heterocycles. The second-order valence-electron chi connectivity index (χ2n) is 5.12. The number of para-hydroxylation sites is 1. The number of hydrogen-bond donors (Lipinski definition) is 1. The van der Waals surface area contributed by atoms with Crippen LogP contribution in [0, 0.1) is 5.92 Å². The van der Waals surface area contributed by atoms with Gasteiger partial charge in [0, 0.05) is 24.9 Å². The van der Waals surface area contributed by atoms with Gasteiger partial charge >= 0.3 is 0 Å². The van der Waals surface area contributed by atoms with Crippen molar-refractivity contribution in [2.75, 3.05) is 13.1 Å². The zero-order valence-corrected chi connectivity index (χ0v) is 12.9. The lowest BCUT2D eigenvalue weighted by Crippen LogP contribution is -2.21. The van der Waals surface area contributed by atoms with E-state index in [1.807, 2.05) is 18.2 Å². The van der Waals surface area contributed by atoms with Crippen LogP contribution < -0.4 is 10.1 Å². The normalized spacial score (nSPS) is 19.4. The highest BCUT2D eigenvalue weighted by molar-refractivity contribution is 6.37. The van der Waals surface area contributed by atoms with Gasteiger partial charge < -0.3 is 10.1 Å². The molecule has 1 aromatic carbocycles. The van der Waals surface area contributed by atoms with Gasteiger partial charge in [-0.15, -0.1) is 0 Å². The van der Waals surface area contributed by atoms with Crippen molar-refractivity contribution >= 4 is 23.2 Å². The van der Waals surface area contributed by atoms with E-state index in [0.29, 0.717) is 21.7 Å². The first-order valence-corrected chi connectivity index (χ1v) is 7.72. The molecule has 1 unspecified atom stereocenters. The summed E-state index contributed by atoms with van der Waals surface area (Å²) in [5.74, 6) is 0.939. The van der Waals surface area contributed by atoms with Crippen LogP contribution in [0.25, 0.3) is 0 Å². The van der Waals surface area contributed by atoms with E-state index < -0.39 is 0 Å². The Bertz CT molecular complexity index is 580. The average molecular weight is 323 g/mol. The van der Waals surface area contributed by atoms with Crippen LogP contribution in [0.4, 0.5) is 0 Å². The van der Waals surface area contributed by atoms with Gasteiger partial charge in [0.15, 0.2) is 5.75 Å². The lowest BCUT2D eigenvalue weighted by Gasteiger charge is -2.25. The van der Waals surface area contributed by atoms with Crippen LogP contribution in [0.1, 0.15) is 18.1 Å². The van der Waals surface area contributed by atoms with Gasteiger partial charge in [0.1, 0.15) is 6.10 Å². The van der Waals surface area contributed by atoms with Crippen LogP contribution in [0.3, 0.4) is 0 Å². The molecule has 2 atom stereocenters. The van der Waals surface area contributed by atoms with Crippen LogP contribution in [0.5, 0.6) is 5.75 Å². The number of pyridine rings is 1. The van der Waals surface area contributed by atoms with Gasteiger partial charge in [0.2, 0.25) is 0 Å². The number of nitrogens with zero attached hydrogens (tertiary/aromatic N) is 1. The molecule has 0 bridgehead atoms. The van der Waals surface area contributed by atoms with Gasteiger partial charge in [-0.25, -0.2) is 0 Å². The van der Waals surface area contributed by atoms with Crippen molar-refractivity contribution in [2.45, 2.75) is 12.5 Å². The molecule has 3 nitrogen and oxygen atoms in total. The van der Waals surface area contributed by atoms with Gasteiger partial charge in [-0.05, 0) is 42.8 Å². The van der Waals surface area contributed by atoms with Crippen LogP contribution in [0.15, 0.2) is 42.7 Å². The van der Waals surface area contributed by atoms with Crippen LogP contribution in [0.2, 0.25) is 10.0 Å². The van der Waals surface area contributed by atoms with Crippen molar-refractivity contribution < 1.29 is 4.74 Å². The molecule has 21 heavy (non-hydrogen) atoms. The first kappa shape index (κ1) is 14.6. The molecule has 110 valence electrons. The Morgan fingerprint density at radius 3 is 2.48 bits per heavy atom. The summed E-state index contributed by atoms with van der Waals surface area (Å²) >= 11 is 12.5. The van der Waals surface area contributed by atoms with Crippen molar-refractivity contribution in [3.63, 3.8) is 0 Å². The fourth-order valence-electron chi connectivity index (χ4n) is 2.65. The van der Waals surface area contributed by atoms with E-state index in [9.17, 15) is 0 Å². The topological polar surface area (TPSA) is 34.1 Å². The predicted molar refractivity (Wildman–Crippen MR) is 85.0 cm³/mol. The predicted octanol–water partition coefficient (Wildman–Crippen LogP) is 4.12. The number of ether oxygens (including phenoxy) is 1. The zero-order valence-electron chi connectivity index (χ0n) is 11.4. The maximum absolute atomic E-state index is 6.23. The number of benzene rings is 1. The first-order valence-electron chi connectivity index (χ1n) is 6.97. The van der Waals surface area contributed by atoms with E-state index in [0.717, 1.165) is 25.1 Å². The minimum atomic E-state index is -0.0830. The SMILES string of the molecule is Clc1cccc(Cl)c1OC(c1ccncc1)[C@H]1CCNC1. The second kappa shape index (κ2) is 6.65. The largest absolute Gasteiger partial charge is 0.482 e. The van der Waals surface area contributed by atoms with Gasteiger partial charge in [-0.3, -0.25) is 4.98 Å². The summed E-state index contributed by atoms with van der Waals surface area (Å²) in [5, 5.41) is 4.45. The Kier molecular flexibility index (Phi) is 4.63. The minimum absolute atomic E-state index is 0.0830. The van der Waals surface area contributed by atoms with E-state index in [-0.39, 0.29) is 6.10 Å². The van der Waals surface area contributed by atoms with E-state index >= 15 is 0 Å². The molecule has 1 N–H and O–H groups in total. The van der Waals surface area contributed by atoms with Crippen LogP contribution in [-0.2, 0) is 0 Å². The van der Waals surface area contributed by atoms with E-state index in [1.54, 1.807) is 24.5 Å². The fourth-order valence-corrected chi connectivity index (χ4v) is 3.13. The van der Waals surface area contributed by atoms with Crippen molar-refractivity contribution in [1.82, 2.24) is 10.3 Å².